The predicted octanol–water partition coefficient (Wildman–Crippen LogP) is 5.17. The molecule has 0 spiro atoms. The van der Waals surface area contributed by atoms with Crippen molar-refractivity contribution in [2.75, 3.05) is 41.0 Å². The van der Waals surface area contributed by atoms with Gasteiger partial charge in [-0.15, -0.1) is 11.3 Å². The second-order valence-corrected chi connectivity index (χ2v) is 13.6. The fourth-order valence-electron chi connectivity index (χ4n) is 7.25. The Morgan fingerprint density at radius 2 is 1.98 bits per heavy atom. The summed E-state index contributed by atoms with van der Waals surface area (Å²) in [6.07, 6.45) is 2.29. The van der Waals surface area contributed by atoms with E-state index in [1.54, 1.807) is 7.11 Å². The third kappa shape index (κ3) is 4.59. The highest BCUT2D eigenvalue weighted by Crippen LogP contribution is 2.74. The molecule has 3 aliphatic carbocycles. The Labute approximate surface area is 253 Å². The lowest BCUT2D eigenvalue weighted by atomic mass is 9.33. The van der Waals surface area contributed by atoms with Gasteiger partial charge in [0.15, 0.2) is 5.78 Å². The number of ether oxygens (including phenoxy) is 2. The monoisotopic (exact) mass is 607 g/mol. The normalized spacial score (nSPS) is 24.1. The van der Waals surface area contributed by atoms with E-state index in [-0.39, 0.29) is 47.2 Å². The molecule has 8 rings (SSSR count). The van der Waals surface area contributed by atoms with E-state index in [0.717, 1.165) is 46.8 Å². The minimum absolute atomic E-state index is 0.0954. The molecular formula is C32H35F2N5O3S. The third-order valence-corrected chi connectivity index (χ3v) is 10.1. The molecule has 43 heavy (non-hydrogen) atoms. The number of carbonyl (C=O) groups excluding carboxylic acids is 1. The van der Waals surface area contributed by atoms with Crippen molar-refractivity contribution in [3.63, 3.8) is 0 Å². The van der Waals surface area contributed by atoms with Crippen LogP contribution in [0.3, 0.4) is 0 Å². The van der Waals surface area contributed by atoms with Gasteiger partial charge in [-0.3, -0.25) is 9.48 Å². The van der Waals surface area contributed by atoms with Gasteiger partial charge in [-0.1, -0.05) is 0 Å². The summed E-state index contributed by atoms with van der Waals surface area (Å²) >= 11 is 1.50. The number of carbonyl (C=O) groups is 1. The second-order valence-electron chi connectivity index (χ2n) is 12.7. The van der Waals surface area contributed by atoms with Gasteiger partial charge < -0.3 is 19.7 Å². The molecule has 1 aliphatic heterocycles. The van der Waals surface area contributed by atoms with Gasteiger partial charge in [0.25, 0.3) is 0 Å². The maximum Gasteiger partial charge on any atom is 0.153 e. The van der Waals surface area contributed by atoms with Gasteiger partial charge in [0.05, 0.1) is 36.6 Å². The van der Waals surface area contributed by atoms with Crippen molar-refractivity contribution in [2.45, 2.75) is 50.7 Å². The molecular weight excluding hydrogens is 572 g/mol. The summed E-state index contributed by atoms with van der Waals surface area (Å²) in [5, 5.41) is 11.3. The van der Waals surface area contributed by atoms with Crippen LogP contribution in [-0.2, 0) is 28.0 Å². The number of hydrogen-bond acceptors (Lipinski definition) is 8. The lowest BCUT2D eigenvalue weighted by Gasteiger charge is -2.69. The van der Waals surface area contributed by atoms with E-state index in [1.807, 2.05) is 41.2 Å². The Morgan fingerprint density at radius 1 is 1.19 bits per heavy atom. The van der Waals surface area contributed by atoms with E-state index in [9.17, 15) is 9.18 Å². The first-order valence-corrected chi connectivity index (χ1v) is 15.5. The summed E-state index contributed by atoms with van der Waals surface area (Å²) in [7, 11) is 5.39. The highest BCUT2D eigenvalue weighted by atomic mass is 32.1. The summed E-state index contributed by atoms with van der Waals surface area (Å²) in [4.78, 5) is 20.3. The number of likely N-dealkylation sites (N-methyl/N-ethyl adjacent to an activating group) is 1. The zero-order chi connectivity index (χ0) is 30.1. The van der Waals surface area contributed by atoms with E-state index in [2.05, 4.69) is 12.2 Å². The number of rotatable bonds is 10. The summed E-state index contributed by atoms with van der Waals surface area (Å²) in [6, 6.07) is 6.40. The second kappa shape index (κ2) is 10.4. The van der Waals surface area contributed by atoms with E-state index < -0.39 is 11.6 Å². The van der Waals surface area contributed by atoms with Crippen LogP contribution in [0, 0.1) is 17.0 Å². The molecule has 0 amide bonds. The van der Waals surface area contributed by atoms with Crippen molar-refractivity contribution in [2.24, 2.45) is 5.41 Å². The minimum Gasteiger partial charge on any atom is -0.490 e. The number of nitrogens with zero attached hydrogens (tertiary/aromatic N) is 4. The number of thiophene rings is 1. The largest absolute Gasteiger partial charge is 0.490 e. The Hall–Kier alpha value is -3.25. The molecule has 3 saturated carbocycles. The smallest absolute Gasteiger partial charge is 0.153 e. The van der Waals surface area contributed by atoms with Crippen LogP contribution in [0.25, 0.3) is 32.6 Å². The van der Waals surface area contributed by atoms with Crippen LogP contribution in [0.1, 0.15) is 37.6 Å². The molecule has 3 aromatic heterocycles. The first kappa shape index (κ1) is 28.5. The van der Waals surface area contributed by atoms with Gasteiger partial charge in [-0.05, 0) is 57.8 Å². The van der Waals surface area contributed by atoms with Crippen molar-refractivity contribution in [1.29, 1.82) is 0 Å². The lowest BCUT2D eigenvalue weighted by Crippen LogP contribution is -2.69. The van der Waals surface area contributed by atoms with Crippen molar-refractivity contribution in [1.82, 2.24) is 25.0 Å². The third-order valence-electron chi connectivity index (χ3n) is 9.19. The number of fused-ring (bicyclic) bond motifs is 2. The maximum atomic E-state index is 15.9. The molecule has 0 radical (unpaired) electrons. The number of aromatic nitrogens is 3. The van der Waals surface area contributed by atoms with Crippen molar-refractivity contribution in [3.05, 3.63) is 52.7 Å². The molecule has 4 aromatic rings. The van der Waals surface area contributed by atoms with Gasteiger partial charge >= 0.3 is 0 Å². The molecule has 1 N–H and O–H groups in total. The van der Waals surface area contributed by atoms with Crippen LogP contribution >= 0.6 is 11.3 Å². The fourth-order valence-corrected chi connectivity index (χ4v) is 8.20. The van der Waals surface area contributed by atoms with Crippen LogP contribution < -0.4 is 10.1 Å². The highest BCUT2D eigenvalue weighted by Gasteiger charge is 2.72. The Kier molecular flexibility index (Phi) is 6.92. The molecule has 4 heterocycles. The molecule has 226 valence electrons. The number of benzene rings is 1. The molecule has 1 aromatic carbocycles. The molecule has 0 unspecified atom stereocenters. The van der Waals surface area contributed by atoms with E-state index >= 15 is 4.39 Å². The quantitative estimate of drug-likeness (QED) is 0.249. The summed E-state index contributed by atoms with van der Waals surface area (Å²) in [5.41, 5.74) is 3.34. The maximum absolute atomic E-state index is 15.9. The number of methoxy groups -OCH3 is 1. The average molecular weight is 608 g/mol. The number of hydrogen-bond donors (Lipinski definition) is 1. The minimum atomic E-state index is -0.726. The highest BCUT2D eigenvalue weighted by molar-refractivity contribution is 7.17. The number of halogens is 2. The molecule has 1 atom stereocenters. The van der Waals surface area contributed by atoms with Gasteiger partial charge in [0, 0.05) is 58.3 Å². The van der Waals surface area contributed by atoms with Crippen molar-refractivity contribution in [3.8, 4) is 28.3 Å². The number of Topliss-reactive ketones (excluding diaryl/α,β-unsaturated/α-hetero) is 1. The number of nitrogens with one attached hydrogen (secondary N) is 1. The molecule has 2 bridgehead atoms. The Morgan fingerprint density at radius 3 is 2.72 bits per heavy atom. The first-order chi connectivity index (χ1) is 20.6. The molecule has 8 nitrogen and oxygen atoms in total. The van der Waals surface area contributed by atoms with Gasteiger partial charge in [0.1, 0.15) is 35.4 Å². The van der Waals surface area contributed by atoms with Gasteiger partial charge in [-0.25, -0.2) is 13.8 Å². The van der Waals surface area contributed by atoms with Crippen molar-refractivity contribution < 1.29 is 23.0 Å². The first-order valence-electron chi connectivity index (χ1n) is 14.6. The van der Waals surface area contributed by atoms with Crippen LogP contribution in [0.4, 0.5) is 8.78 Å². The predicted molar refractivity (Wildman–Crippen MR) is 161 cm³/mol. The molecule has 11 heteroatoms. The fraction of sp³-hybridized carbons (Fsp3) is 0.469. The molecule has 4 aliphatic rings. The SMILES string of the molecule is COCCOc1cc(F)cc(F)c1-c1c(-c2cc3n(n2)C[C@@H](C)NC3)nc(C23CC(C(=O)CN(C)C)(C2)C3)c2ccsc12. The number of ketones is 1. The van der Waals surface area contributed by atoms with Crippen LogP contribution in [0.15, 0.2) is 29.6 Å². The average Bonchev–Trinajstić information content (AvgIpc) is 3.54. The Balaban J connectivity index is 1.41. The Bertz CT molecular complexity index is 1730. The summed E-state index contributed by atoms with van der Waals surface area (Å²) in [6.45, 7) is 4.31. The zero-order valence-electron chi connectivity index (χ0n) is 24.8. The standard InChI is InChI=1S/C32H35F2N5O3S/c1-18-13-39-20(12-35-18)11-23(37-39)28-27(26-22(34)9-19(33)10-24(26)42-7-6-41-4)29-21(5-8-43-29)30(36-28)32-15-31(16-32,17-32)25(40)14-38(2)3/h5,8-11,18,35H,6-7,12-17H2,1-4H3/t18-,31?,32?/m1/s1. The molecule has 3 fully saturated rings. The zero-order valence-corrected chi connectivity index (χ0v) is 25.6. The number of pyridine rings is 1. The van der Waals surface area contributed by atoms with E-state index in [1.165, 1.54) is 17.4 Å². The van der Waals surface area contributed by atoms with E-state index in [0.29, 0.717) is 36.6 Å². The van der Waals surface area contributed by atoms with Gasteiger partial charge in [-0.2, -0.15) is 5.10 Å². The van der Waals surface area contributed by atoms with Crippen molar-refractivity contribution >= 4 is 27.2 Å². The van der Waals surface area contributed by atoms with Crippen LogP contribution in [0.2, 0.25) is 0 Å². The molecule has 0 saturated heterocycles. The van der Waals surface area contributed by atoms with Crippen LogP contribution in [-0.4, -0.2) is 72.5 Å². The lowest BCUT2D eigenvalue weighted by molar-refractivity contribution is -0.174. The van der Waals surface area contributed by atoms with Gasteiger partial charge in [0.2, 0.25) is 0 Å². The summed E-state index contributed by atoms with van der Waals surface area (Å²) < 4.78 is 44.3. The summed E-state index contributed by atoms with van der Waals surface area (Å²) in [5.74, 6) is -1.07. The topological polar surface area (TPSA) is 81.5 Å². The van der Waals surface area contributed by atoms with E-state index in [4.69, 9.17) is 19.6 Å². The van der Waals surface area contributed by atoms with Crippen LogP contribution in [0.5, 0.6) is 5.75 Å².